The van der Waals surface area contributed by atoms with Crippen LogP contribution in [-0.4, -0.2) is 80.3 Å². The number of benzene rings is 1. The third-order valence-electron chi connectivity index (χ3n) is 8.15. The summed E-state index contributed by atoms with van der Waals surface area (Å²) < 4.78 is 40.4. The number of nitrogens with zero attached hydrogens (tertiary/aromatic N) is 3. The maximum atomic E-state index is 13.0. The Hall–Kier alpha value is -2.01. The lowest BCUT2D eigenvalue weighted by Crippen LogP contribution is -2.54. The summed E-state index contributed by atoms with van der Waals surface area (Å²) in [7, 11) is -1.38. The summed E-state index contributed by atoms with van der Waals surface area (Å²) in [5.74, 6) is 0.504. The average molecular weight is 519 g/mol. The number of likely N-dealkylation sites (tertiary alicyclic amines) is 1. The molecule has 3 heterocycles. The predicted octanol–water partition coefficient (Wildman–Crippen LogP) is 2.42. The molecule has 1 aromatic heterocycles. The zero-order valence-corrected chi connectivity index (χ0v) is 22.1. The Labute approximate surface area is 213 Å². The molecule has 3 fully saturated rings. The van der Waals surface area contributed by atoms with Gasteiger partial charge in [-0.05, 0) is 62.1 Å². The Morgan fingerprint density at radius 1 is 1.19 bits per heavy atom. The third kappa shape index (κ3) is 5.93. The van der Waals surface area contributed by atoms with Crippen molar-refractivity contribution >= 4 is 26.8 Å². The van der Waals surface area contributed by atoms with Crippen LogP contribution < -0.4 is 4.72 Å². The molecule has 1 aromatic carbocycles. The zero-order chi connectivity index (χ0) is 25.3. The van der Waals surface area contributed by atoms with Crippen molar-refractivity contribution in [2.75, 3.05) is 39.2 Å². The van der Waals surface area contributed by atoms with Gasteiger partial charge in [-0.15, -0.1) is 0 Å². The molecule has 0 bridgehead atoms. The lowest BCUT2D eigenvalue weighted by atomic mass is 9.82. The van der Waals surface area contributed by atoms with Crippen molar-refractivity contribution in [3.8, 4) is 0 Å². The first-order chi connectivity index (χ1) is 17.3. The second-order valence-corrected chi connectivity index (χ2v) is 12.6. The number of carbonyl (C=O) groups excluding carboxylic acids is 1. The lowest BCUT2D eigenvalue weighted by Gasteiger charge is -2.40. The number of aromatic nitrogens is 2. The monoisotopic (exact) mass is 518 g/mol. The van der Waals surface area contributed by atoms with E-state index in [1.807, 2.05) is 22.8 Å². The summed E-state index contributed by atoms with van der Waals surface area (Å²) in [6, 6.07) is 6.42. The highest BCUT2D eigenvalue weighted by Gasteiger charge is 2.37. The molecule has 10 heteroatoms. The summed E-state index contributed by atoms with van der Waals surface area (Å²) in [4.78, 5) is 14.8. The number of fused-ring (bicyclic) bond motifs is 1. The zero-order valence-electron chi connectivity index (χ0n) is 21.3. The van der Waals surface area contributed by atoms with Gasteiger partial charge in [0.05, 0.1) is 43.2 Å². The molecule has 36 heavy (non-hydrogen) atoms. The van der Waals surface area contributed by atoms with Crippen molar-refractivity contribution in [2.45, 2.75) is 56.6 Å². The Morgan fingerprint density at radius 2 is 2.00 bits per heavy atom. The quantitative estimate of drug-likeness (QED) is 0.604. The maximum Gasteiger partial charge on any atom is 0.228 e. The van der Waals surface area contributed by atoms with Gasteiger partial charge >= 0.3 is 0 Å². The standard InChI is InChI=1S/C26H38N4O5S/c1-29-25-8-5-19(13-21(25)14-27-29)18-3-6-23(7-4-18)35-17-22-15-30(26(31)20-10-12-34-16-20)11-9-24(22)28-36(2,32)33/h5,8,13-14,18,20,22-24,28H,3-4,6-7,9-12,15-17H2,1-2H3/t18?,20-,22-,23?,24-/m0/s1. The highest BCUT2D eigenvalue weighted by Crippen LogP contribution is 2.35. The van der Waals surface area contributed by atoms with Crippen LogP contribution in [0.1, 0.15) is 50.0 Å². The van der Waals surface area contributed by atoms with Gasteiger partial charge in [0.1, 0.15) is 0 Å². The van der Waals surface area contributed by atoms with E-state index in [2.05, 4.69) is 28.0 Å². The Morgan fingerprint density at radius 3 is 2.72 bits per heavy atom. The molecule has 5 rings (SSSR count). The lowest BCUT2D eigenvalue weighted by molar-refractivity contribution is -0.138. The third-order valence-corrected chi connectivity index (χ3v) is 8.88. The van der Waals surface area contributed by atoms with E-state index in [4.69, 9.17) is 9.47 Å². The van der Waals surface area contributed by atoms with E-state index in [-0.39, 0.29) is 29.9 Å². The number of nitrogens with one attached hydrogen (secondary N) is 1. The molecule has 2 saturated heterocycles. The first-order valence-corrected chi connectivity index (χ1v) is 15.0. The molecule has 1 aliphatic carbocycles. The number of sulfonamides is 1. The number of piperidine rings is 1. The van der Waals surface area contributed by atoms with Crippen molar-refractivity contribution < 1.29 is 22.7 Å². The molecule has 1 amide bonds. The van der Waals surface area contributed by atoms with Gasteiger partial charge in [-0.25, -0.2) is 13.1 Å². The molecular formula is C26H38N4O5S. The van der Waals surface area contributed by atoms with E-state index in [0.29, 0.717) is 45.2 Å². The Balaban J connectivity index is 1.17. The normalized spacial score (nSPS) is 29.6. The van der Waals surface area contributed by atoms with Crippen LogP contribution in [0.2, 0.25) is 0 Å². The van der Waals surface area contributed by atoms with Gasteiger partial charge in [-0.1, -0.05) is 6.07 Å². The van der Waals surface area contributed by atoms with Crippen LogP contribution in [0.25, 0.3) is 10.9 Å². The van der Waals surface area contributed by atoms with Crippen molar-refractivity contribution in [1.82, 2.24) is 19.4 Å². The molecular weight excluding hydrogens is 480 g/mol. The van der Waals surface area contributed by atoms with Crippen LogP contribution >= 0.6 is 0 Å². The van der Waals surface area contributed by atoms with Crippen LogP contribution in [0.3, 0.4) is 0 Å². The van der Waals surface area contributed by atoms with Gasteiger partial charge in [-0.2, -0.15) is 5.10 Å². The van der Waals surface area contributed by atoms with Gasteiger partial charge in [0.15, 0.2) is 0 Å². The summed E-state index contributed by atoms with van der Waals surface area (Å²) in [5, 5.41) is 5.53. The molecule has 2 aromatic rings. The fraction of sp³-hybridized carbons (Fsp3) is 0.692. The Kier molecular flexibility index (Phi) is 7.67. The molecule has 9 nitrogen and oxygen atoms in total. The van der Waals surface area contributed by atoms with Crippen LogP contribution in [0.4, 0.5) is 0 Å². The van der Waals surface area contributed by atoms with Crippen LogP contribution in [-0.2, 0) is 31.3 Å². The number of amides is 1. The SMILES string of the molecule is Cn1ncc2cc(C3CCC(OC[C@@H]4CN(C(=O)[C@H]5CCOC5)CC[C@@H]4NS(C)(=O)=O)CC3)ccc21. The number of aryl methyl sites for hydroxylation is 1. The number of hydrogen-bond acceptors (Lipinski definition) is 6. The summed E-state index contributed by atoms with van der Waals surface area (Å²) in [6.45, 7) is 2.65. The van der Waals surface area contributed by atoms with E-state index in [0.717, 1.165) is 37.6 Å². The molecule has 1 N–H and O–H groups in total. The van der Waals surface area contributed by atoms with Gasteiger partial charge in [-0.3, -0.25) is 9.48 Å². The van der Waals surface area contributed by atoms with E-state index in [9.17, 15) is 13.2 Å². The second kappa shape index (κ2) is 10.8. The molecule has 3 atom stereocenters. The fourth-order valence-corrected chi connectivity index (χ4v) is 6.94. The number of hydrogen-bond donors (Lipinski definition) is 1. The summed E-state index contributed by atoms with van der Waals surface area (Å²) in [6.07, 6.45) is 8.74. The topological polar surface area (TPSA) is 103 Å². The van der Waals surface area contributed by atoms with Gasteiger partial charge in [0.25, 0.3) is 0 Å². The minimum atomic E-state index is -3.34. The second-order valence-electron chi connectivity index (χ2n) is 10.8. The van der Waals surface area contributed by atoms with Gasteiger partial charge in [0, 0.05) is 44.1 Å². The minimum Gasteiger partial charge on any atom is -0.381 e. The highest BCUT2D eigenvalue weighted by atomic mass is 32.2. The summed E-state index contributed by atoms with van der Waals surface area (Å²) >= 11 is 0. The van der Waals surface area contributed by atoms with E-state index in [1.54, 1.807) is 0 Å². The summed E-state index contributed by atoms with van der Waals surface area (Å²) in [5.41, 5.74) is 2.51. The van der Waals surface area contributed by atoms with Crippen molar-refractivity contribution in [3.05, 3.63) is 30.0 Å². The van der Waals surface area contributed by atoms with Crippen LogP contribution in [0, 0.1) is 11.8 Å². The van der Waals surface area contributed by atoms with E-state index >= 15 is 0 Å². The first-order valence-electron chi connectivity index (χ1n) is 13.1. The van der Waals surface area contributed by atoms with Crippen LogP contribution in [0.5, 0.6) is 0 Å². The first kappa shape index (κ1) is 25.6. The van der Waals surface area contributed by atoms with Gasteiger partial charge < -0.3 is 14.4 Å². The smallest absolute Gasteiger partial charge is 0.228 e. The van der Waals surface area contributed by atoms with E-state index < -0.39 is 10.0 Å². The highest BCUT2D eigenvalue weighted by molar-refractivity contribution is 7.88. The van der Waals surface area contributed by atoms with E-state index in [1.165, 1.54) is 17.2 Å². The van der Waals surface area contributed by atoms with Gasteiger partial charge in [0.2, 0.25) is 15.9 Å². The van der Waals surface area contributed by atoms with Crippen LogP contribution in [0.15, 0.2) is 24.4 Å². The molecule has 0 radical (unpaired) electrons. The maximum absolute atomic E-state index is 13.0. The predicted molar refractivity (Wildman–Crippen MR) is 137 cm³/mol. The molecule has 1 saturated carbocycles. The minimum absolute atomic E-state index is 0.0644. The fourth-order valence-electron chi connectivity index (χ4n) is 6.08. The molecule has 0 spiro atoms. The van der Waals surface area contributed by atoms with Crippen molar-refractivity contribution in [1.29, 1.82) is 0 Å². The average Bonchev–Trinajstić information content (AvgIpc) is 3.53. The molecule has 0 unspecified atom stereocenters. The molecule has 3 aliphatic rings. The molecule has 2 aliphatic heterocycles. The van der Waals surface area contributed by atoms with Crippen molar-refractivity contribution in [3.63, 3.8) is 0 Å². The largest absolute Gasteiger partial charge is 0.381 e. The number of carbonyl (C=O) groups is 1. The molecule has 198 valence electrons. The Bertz CT molecular complexity index is 1170. The number of ether oxygens (including phenoxy) is 2. The van der Waals surface area contributed by atoms with Crippen molar-refractivity contribution in [2.24, 2.45) is 18.9 Å². The number of rotatable bonds is 7.